The first-order valence-electron chi connectivity index (χ1n) is 8.24. The lowest BCUT2D eigenvalue weighted by molar-refractivity contribution is -0.134. The normalized spacial score (nSPS) is 10.4. The van der Waals surface area contributed by atoms with Gasteiger partial charge in [0.15, 0.2) is 6.61 Å². The summed E-state index contributed by atoms with van der Waals surface area (Å²) in [5.41, 5.74) is 2.17. The molecule has 0 N–H and O–H groups in total. The van der Waals surface area contributed by atoms with Crippen LogP contribution in [-0.4, -0.2) is 17.4 Å². The Hall–Kier alpha value is -3.01. The van der Waals surface area contributed by atoms with Crippen LogP contribution in [0.3, 0.4) is 0 Å². The maximum absolute atomic E-state index is 12.7. The highest BCUT2D eigenvalue weighted by molar-refractivity contribution is 5.77. The minimum atomic E-state index is -0.0817. The van der Waals surface area contributed by atoms with Crippen LogP contribution in [0.15, 0.2) is 77.4 Å². The van der Waals surface area contributed by atoms with Crippen molar-refractivity contribution < 1.29 is 13.9 Å². The Morgan fingerprint density at radius 1 is 1.00 bits per heavy atom. The average molecular weight is 335 g/mol. The van der Waals surface area contributed by atoms with E-state index in [0.717, 1.165) is 16.9 Å². The van der Waals surface area contributed by atoms with Crippen LogP contribution in [0.5, 0.6) is 5.75 Å². The summed E-state index contributed by atoms with van der Waals surface area (Å²) in [5, 5.41) is 0. The number of aryl methyl sites for hydroxylation is 1. The first-order valence-corrected chi connectivity index (χ1v) is 8.24. The molecular formula is C21H21NO3. The Labute approximate surface area is 147 Å². The number of ether oxygens (including phenoxy) is 1. The lowest BCUT2D eigenvalue weighted by atomic mass is 10.2. The minimum Gasteiger partial charge on any atom is -0.484 e. The Morgan fingerprint density at radius 2 is 1.84 bits per heavy atom. The fraction of sp³-hybridized carbons (Fsp3) is 0.190. The second-order valence-corrected chi connectivity index (χ2v) is 5.92. The fourth-order valence-electron chi connectivity index (χ4n) is 2.57. The van der Waals surface area contributed by atoms with E-state index in [9.17, 15) is 4.79 Å². The van der Waals surface area contributed by atoms with E-state index in [4.69, 9.17) is 9.15 Å². The summed E-state index contributed by atoms with van der Waals surface area (Å²) >= 11 is 0. The molecule has 0 saturated carbocycles. The zero-order valence-corrected chi connectivity index (χ0v) is 14.2. The molecule has 4 nitrogen and oxygen atoms in total. The standard InChI is InChI=1S/C21H21NO3/c1-17-7-5-10-19(13-17)25-16-21(23)22(15-20-11-6-12-24-20)14-18-8-3-2-4-9-18/h2-13H,14-16H2,1H3. The van der Waals surface area contributed by atoms with Crippen LogP contribution in [0.1, 0.15) is 16.9 Å². The monoisotopic (exact) mass is 335 g/mol. The summed E-state index contributed by atoms with van der Waals surface area (Å²) in [6, 6.07) is 21.3. The van der Waals surface area contributed by atoms with Gasteiger partial charge in [0, 0.05) is 6.54 Å². The third kappa shape index (κ3) is 4.98. The number of benzene rings is 2. The van der Waals surface area contributed by atoms with Crippen molar-refractivity contribution in [2.75, 3.05) is 6.61 Å². The molecule has 0 aliphatic heterocycles. The van der Waals surface area contributed by atoms with Crippen molar-refractivity contribution in [3.63, 3.8) is 0 Å². The van der Waals surface area contributed by atoms with Gasteiger partial charge in [-0.1, -0.05) is 42.5 Å². The summed E-state index contributed by atoms with van der Waals surface area (Å²) in [4.78, 5) is 14.4. The first kappa shape index (κ1) is 16.8. The van der Waals surface area contributed by atoms with Gasteiger partial charge in [0.1, 0.15) is 11.5 Å². The van der Waals surface area contributed by atoms with Gasteiger partial charge in [-0.25, -0.2) is 0 Å². The van der Waals surface area contributed by atoms with Gasteiger partial charge in [0.25, 0.3) is 5.91 Å². The number of carbonyl (C=O) groups excluding carboxylic acids is 1. The van der Waals surface area contributed by atoms with E-state index in [0.29, 0.717) is 18.8 Å². The largest absolute Gasteiger partial charge is 0.484 e. The van der Waals surface area contributed by atoms with Gasteiger partial charge in [-0.15, -0.1) is 0 Å². The summed E-state index contributed by atoms with van der Waals surface area (Å²) < 4.78 is 11.1. The van der Waals surface area contributed by atoms with Crippen LogP contribution >= 0.6 is 0 Å². The van der Waals surface area contributed by atoms with Gasteiger partial charge in [-0.2, -0.15) is 0 Å². The lowest BCUT2D eigenvalue weighted by Crippen LogP contribution is -2.34. The Kier molecular flexibility index (Phi) is 5.52. The van der Waals surface area contributed by atoms with Crippen molar-refractivity contribution in [3.8, 4) is 5.75 Å². The molecule has 0 atom stereocenters. The molecule has 1 aromatic heterocycles. The van der Waals surface area contributed by atoms with Crippen molar-refractivity contribution in [3.05, 3.63) is 89.9 Å². The SMILES string of the molecule is Cc1cccc(OCC(=O)N(Cc2ccccc2)Cc2ccco2)c1. The maximum atomic E-state index is 12.7. The third-order valence-electron chi connectivity index (χ3n) is 3.85. The second-order valence-electron chi connectivity index (χ2n) is 5.92. The summed E-state index contributed by atoms with van der Waals surface area (Å²) in [7, 11) is 0. The van der Waals surface area contributed by atoms with E-state index >= 15 is 0 Å². The van der Waals surface area contributed by atoms with Crippen molar-refractivity contribution in [1.29, 1.82) is 0 Å². The molecule has 0 saturated heterocycles. The molecule has 3 aromatic rings. The van der Waals surface area contributed by atoms with E-state index in [-0.39, 0.29) is 12.5 Å². The van der Waals surface area contributed by atoms with Crippen LogP contribution in [0.25, 0.3) is 0 Å². The highest BCUT2D eigenvalue weighted by Crippen LogP contribution is 2.14. The fourth-order valence-corrected chi connectivity index (χ4v) is 2.57. The zero-order chi connectivity index (χ0) is 17.5. The number of furan rings is 1. The van der Waals surface area contributed by atoms with Gasteiger partial charge in [-0.05, 0) is 42.3 Å². The summed E-state index contributed by atoms with van der Waals surface area (Å²) in [5.74, 6) is 1.37. The molecule has 0 unspecified atom stereocenters. The molecule has 0 spiro atoms. The van der Waals surface area contributed by atoms with Crippen LogP contribution < -0.4 is 4.74 Å². The predicted molar refractivity (Wildman–Crippen MR) is 96.1 cm³/mol. The van der Waals surface area contributed by atoms with Crippen molar-refractivity contribution in [2.24, 2.45) is 0 Å². The summed E-state index contributed by atoms with van der Waals surface area (Å²) in [6.45, 7) is 2.92. The molecule has 0 fully saturated rings. The predicted octanol–water partition coefficient (Wildman–Crippen LogP) is 4.20. The number of hydrogen-bond acceptors (Lipinski definition) is 3. The second kappa shape index (κ2) is 8.20. The third-order valence-corrected chi connectivity index (χ3v) is 3.85. The number of nitrogens with zero attached hydrogens (tertiary/aromatic N) is 1. The number of hydrogen-bond donors (Lipinski definition) is 0. The van der Waals surface area contributed by atoms with E-state index in [1.807, 2.05) is 73.7 Å². The van der Waals surface area contributed by atoms with Gasteiger partial charge in [-0.3, -0.25) is 4.79 Å². The molecule has 25 heavy (non-hydrogen) atoms. The van der Waals surface area contributed by atoms with E-state index in [1.54, 1.807) is 11.2 Å². The first-order chi connectivity index (χ1) is 12.2. The molecule has 2 aromatic carbocycles. The number of amides is 1. The molecule has 128 valence electrons. The molecule has 0 aliphatic carbocycles. The quantitative estimate of drug-likeness (QED) is 0.650. The van der Waals surface area contributed by atoms with Gasteiger partial charge in [0.05, 0.1) is 12.8 Å². The highest BCUT2D eigenvalue weighted by Gasteiger charge is 2.16. The highest BCUT2D eigenvalue weighted by atomic mass is 16.5. The van der Waals surface area contributed by atoms with E-state index in [1.165, 1.54) is 0 Å². The van der Waals surface area contributed by atoms with Crippen LogP contribution in [0.2, 0.25) is 0 Å². The molecule has 1 amide bonds. The topological polar surface area (TPSA) is 42.7 Å². The average Bonchev–Trinajstić information content (AvgIpc) is 3.13. The summed E-state index contributed by atoms with van der Waals surface area (Å²) in [6.07, 6.45) is 1.61. The number of rotatable bonds is 7. The zero-order valence-electron chi connectivity index (χ0n) is 14.2. The van der Waals surface area contributed by atoms with Gasteiger partial charge in [0.2, 0.25) is 0 Å². The van der Waals surface area contributed by atoms with Crippen LogP contribution in [0, 0.1) is 6.92 Å². The van der Waals surface area contributed by atoms with Gasteiger partial charge < -0.3 is 14.1 Å². The number of carbonyl (C=O) groups is 1. The van der Waals surface area contributed by atoms with Crippen molar-refractivity contribution in [1.82, 2.24) is 4.90 Å². The lowest BCUT2D eigenvalue weighted by Gasteiger charge is -2.22. The molecule has 1 heterocycles. The van der Waals surface area contributed by atoms with Crippen molar-refractivity contribution >= 4 is 5.91 Å². The van der Waals surface area contributed by atoms with Crippen molar-refractivity contribution in [2.45, 2.75) is 20.0 Å². The molecule has 0 bridgehead atoms. The molecule has 0 aliphatic rings. The Morgan fingerprint density at radius 3 is 2.56 bits per heavy atom. The smallest absolute Gasteiger partial charge is 0.261 e. The van der Waals surface area contributed by atoms with Gasteiger partial charge >= 0.3 is 0 Å². The van der Waals surface area contributed by atoms with E-state index in [2.05, 4.69) is 0 Å². The Bertz CT molecular complexity index is 797. The molecule has 0 radical (unpaired) electrons. The molecular weight excluding hydrogens is 314 g/mol. The molecule has 4 heteroatoms. The van der Waals surface area contributed by atoms with Crippen LogP contribution in [0.4, 0.5) is 0 Å². The Balaban J connectivity index is 1.67. The molecule has 3 rings (SSSR count). The van der Waals surface area contributed by atoms with Crippen LogP contribution in [-0.2, 0) is 17.9 Å². The minimum absolute atomic E-state index is 0.00298. The maximum Gasteiger partial charge on any atom is 0.261 e. The van der Waals surface area contributed by atoms with E-state index < -0.39 is 0 Å².